The molecule has 0 aliphatic rings. The lowest BCUT2D eigenvalue weighted by Crippen LogP contribution is -2.42. The Labute approximate surface area is 175 Å². The summed E-state index contributed by atoms with van der Waals surface area (Å²) >= 11 is 0. The normalized spacial score (nSPS) is 13.7. The van der Waals surface area contributed by atoms with Crippen molar-refractivity contribution in [1.29, 1.82) is 0 Å². The zero-order chi connectivity index (χ0) is 19.1. The molecule has 0 fully saturated rings. The highest BCUT2D eigenvalue weighted by Crippen LogP contribution is 2.21. The van der Waals surface area contributed by atoms with Crippen LogP contribution >= 0.6 is 24.0 Å². The van der Waals surface area contributed by atoms with Gasteiger partial charge in [-0.15, -0.1) is 24.0 Å². The molecule has 0 heterocycles. The third kappa shape index (κ3) is 10.3. The third-order valence-electron chi connectivity index (χ3n) is 3.70. The summed E-state index contributed by atoms with van der Waals surface area (Å²) in [7, 11) is -3.69. The molecule has 1 aromatic rings. The van der Waals surface area contributed by atoms with Gasteiger partial charge in [0.1, 0.15) is 0 Å². The standard InChI is InChI=1S/C18H32N4O2S.HI/c1-6-20-17(22-14(2)10-11-18(3,4)5)21-13-15-8-7-9-16(12-15)25(19,23)24;/h7-9,12,14H,6,10-11,13H2,1-5H3,(H2,19,23,24)(H2,20,21,22);1H. The monoisotopic (exact) mass is 496 g/mol. The van der Waals surface area contributed by atoms with Gasteiger partial charge < -0.3 is 10.6 Å². The minimum absolute atomic E-state index is 0. The van der Waals surface area contributed by atoms with Crippen LogP contribution in [-0.2, 0) is 16.6 Å². The fraction of sp³-hybridized carbons (Fsp3) is 0.611. The Hall–Kier alpha value is -0.870. The number of nitrogens with one attached hydrogen (secondary N) is 2. The van der Waals surface area contributed by atoms with Gasteiger partial charge in [0.25, 0.3) is 0 Å². The number of nitrogens with zero attached hydrogens (tertiary/aromatic N) is 1. The lowest BCUT2D eigenvalue weighted by molar-refractivity contribution is 0.346. The minimum Gasteiger partial charge on any atom is -0.357 e. The molecule has 0 amide bonds. The first-order chi connectivity index (χ1) is 11.5. The van der Waals surface area contributed by atoms with E-state index in [9.17, 15) is 8.42 Å². The number of aliphatic imine (C=N–C) groups is 1. The summed E-state index contributed by atoms with van der Waals surface area (Å²) in [5.41, 5.74) is 1.10. The van der Waals surface area contributed by atoms with Gasteiger partial charge in [-0.25, -0.2) is 18.5 Å². The highest BCUT2D eigenvalue weighted by molar-refractivity contribution is 14.0. The molecule has 0 spiro atoms. The quantitative estimate of drug-likeness (QED) is 0.307. The summed E-state index contributed by atoms with van der Waals surface area (Å²) in [4.78, 5) is 4.66. The summed E-state index contributed by atoms with van der Waals surface area (Å²) in [6.45, 7) is 12.0. The van der Waals surface area contributed by atoms with Crippen LogP contribution in [0, 0.1) is 5.41 Å². The van der Waals surface area contributed by atoms with E-state index in [-0.39, 0.29) is 28.9 Å². The average Bonchev–Trinajstić information content (AvgIpc) is 2.50. The summed E-state index contributed by atoms with van der Waals surface area (Å²) in [5, 5.41) is 11.8. The molecule has 0 saturated heterocycles. The van der Waals surface area contributed by atoms with Gasteiger partial charge in [-0.3, -0.25) is 0 Å². The van der Waals surface area contributed by atoms with Gasteiger partial charge in [-0.1, -0.05) is 32.9 Å². The van der Waals surface area contributed by atoms with Crippen LogP contribution in [0.25, 0.3) is 0 Å². The van der Waals surface area contributed by atoms with E-state index in [1.807, 2.05) is 13.0 Å². The van der Waals surface area contributed by atoms with Crippen molar-refractivity contribution in [3.63, 3.8) is 0 Å². The lowest BCUT2D eigenvalue weighted by atomic mass is 9.89. The molecule has 1 rings (SSSR count). The van der Waals surface area contributed by atoms with Gasteiger partial charge in [0.15, 0.2) is 5.96 Å². The van der Waals surface area contributed by atoms with Crippen molar-refractivity contribution in [3.8, 4) is 0 Å². The predicted molar refractivity (Wildman–Crippen MR) is 119 cm³/mol. The molecule has 150 valence electrons. The first-order valence-corrected chi connectivity index (χ1v) is 10.2. The molecule has 1 unspecified atom stereocenters. The summed E-state index contributed by atoms with van der Waals surface area (Å²) in [6.07, 6.45) is 2.17. The second-order valence-electron chi connectivity index (χ2n) is 7.53. The van der Waals surface area contributed by atoms with E-state index in [2.05, 4.69) is 43.3 Å². The van der Waals surface area contributed by atoms with Gasteiger partial charge in [0.2, 0.25) is 10.0 Å². The van der Waals surface area contributed by atoms with Crippen molar-refractivity contribution >= 4 is 40.0 Å². The van der Waals surface area contributed by atoms with E-state index in [1.165, 1.54) is 6.07 Å². The average molecular weight is 496 g/mol. The molecule has 0 aliphatic carbocycles. The maximum absolute atomic E-state index is 11.4. The van der Waals surface area contributed by atoms with Gasteiger partial charge >= 0.3 is 0 Å². The number of sulfonamides is 1. The zero-order valence-electron chi connectivity index (χ0n) is 16.4. The van der Waals surface area contributed by atoms with E-state index >= 15 is 0 Å². The highest BCUT2D eigenvalue weighted by atomic mass is 127. The molecule has 4 N–H and O–H groups in total. The molecule has 1 atom stereocenters. The number of nitrogens with two attached hydrogens (primary N) is 1. The van der Waals surface area contributed by atoms with E-state index < -0.39 is 10.0 Å². The van der Waals surface area contributed by atoms with Crippen molar-refractivity contribution in [2.45, 2.75) is 64.9 Å². The molecule has 0 aromatic heterocycles. The number of guanidine groups is 1. The summed E-state index contributed by atoms with van der Waals surface area (Å²) in [6, 6.07) is 6.86. The molecular weight excluding hydrogens is 463 g/mol. The second kappa shape index (κ2) is 11.1. The van der Waals surface area contributed by atoms with Gasteiger partial charge in [-0.2, -0.15) is 0 Å². The molecule has 0 saturated carbocycles. The van der Waals surface area contributed by atoms with Crippen LogP contribution in [0.15, 0.2) is 34.2 Å². The van der Waals surface area contributed by atoms with Crippen LogP contribution in [0.3, 0.4) is 0 Å². The molecule has 8 heteroatoms. The number of hydrogen-bond donors (Lipinski definition) is 3. The Bertz CT molecular complexity index is 685. The molecule has 0 aliphatic heterocycles. The lowest BCUT2D eigenvalue weighted by Gasteiger charge is -2.23. The zero-order valence-corrected chi connectivity index (χ0v) is 19.5. The maximum atomic E-state index is 11.4. The topological polar surface area (TPSA) is 96.6 Å². The Morgan fingerprint density at radius 2 is 1.96 bits per heavy atom. The van der Waals surface area contributed by atoms with Gasteiger partial charge in [0, 0.05) is 12.6 Å². The molecular formula is C18H33IN4O2S. The number of hydrogen-bond acceptors (Lipinski definition) is 3. The SMILES string of the molecule is CCNC(=NCc1cccc(S(N)(=O)=O)c1)NC(C)CCC(C)(C)C.I. The first-order valence-electron chi connectivity index (χ1n) is 8.68. The van der Waals surface area contributed by atoms with Gasteiger partial charge in [0.05, 0.1) is 11.4 Å². The largest absolute Gasteiger partial charge is 0.357 e. The summed E-state index contributed by atoms with van der Waals surface area (Å²) in [5.74, 6) is 0.727. The molecule has 6 nitrogen and oxygen atoms in total. The maximum Gasteiger partial charge on any atom is 0.238 e. The Morgan fingerprint density at radius 1 is 1.31 bits per heavy atom. The van der Waals surface area contributed by atoms with Crippen LogP contribution in [0.5, 0.6) is 0 Å². The number of primary sulfonamides is 1. The number of rotatable bonds is 7. The Morgan fingerprint density at radius 3 is 2.50 bits per heavy atom. The Kier molecular flexibility index (Phi) is 10.7. The molecule has 26 heavy (non-hydrogen) atoms. The first kappa shape index (κ1) is 25.1. The Balaban J connectivity index is 0.00000625. The van der Waals surface area contributed by atoms with Crippen molar-refractivity contribution in [1.82, 2.24) is 10.6 Å². The van der Waals surface area contributed by atoms with E-state index in [0.717, 1.165) is 30.9 Å². The predicted octanol–water partition coefficient (Wildman–Crippen LogP) is 3.22. The van der Waals surface area contributed by atoms with Crippen molar-refractivity contribution in [2.24, 2.45) is 15.5 Å². The molecule has 0 bridgehead atoms. The van der Waals surface area contributed by atoms with Gasteiger partial charge in [-0.05, 0) is 49.8 Å². The third-order valence-corrected chi connectivity index (χ3v) is 4.61. The highest BCUT2D eigenvalue weighted by Gasteiger charge is 2.13. The van der Waals surface area contributed by atoms with E-state index in [4.69, 9.17) is 5.14 Å². The van der Waals surface area contributed by atoms with E-state index in [1.54, 1.807) is 12.1 Å². The number of benzene rings is 1. The molecule has 1 aromatic carbocycles. The number of halogens is 1. The second-order valence-corrected chi connectivity index (χ2v) is 9.09. The van der Waals surface area contributed by atoms with Crippen LogP contribution in [0.1, 0.15) is 53.0 Å². The van der Waals surface area contributed by atoms with Crippen molar-refractivity contribution < 1.29 is 8.42 Å². The van der Waals surface area contributed by atoms with Crippen molar-refractivity contribution in [2.75, 3.05) is 6.54 Å². The summed E-state index contributed by atoms with van der Waals surface area (Å²) < 4.78 is 22.9. The smallest absolute Gasteiger partial charge is 0.238 e. The van der Waals surface area contributed by atoms with Crippen LogP contribution in [-0.4, -0.2) is 27.0 Å². The fourth-order valence-corrected chi connectivity index (χ4v) is 2.85. The van der Waals surface area contributed by atoms with Crippen LogP contribution in [0.2, 0.25) is 0 Å². The van der Waals surface area contributed by atoms with Crippen molar-refractivity contribution in [3.05, 3.63) is 29.8 Å². The molecule has 0 radical (unpaired) electrons. The van der Waals surface area contributed by atoms with Crippen LogP contribution < -0.4 is 15.8 Å². The van der Waals surface area contributed by atoms with Crippen LogP contribution in [0.4, 0.5) is 0 Å². The van der Waals surface area contributed by atoms with E-state index in [0.29, 0.717) is 18.0 Å². The fourth-order valence-electron chi connectivity index (χ4n) is 2.27. The minimum atomic E-state index is -3.69.